The quantitative estimate of drug-likeness (QED) is 0.868. The Hall–Kier alpha value is -1.97. The molecule has 2 aromatic rings. The summed E-state index contributed by atoms with van der Waals surface area (Å²) >= 11 is 0. The van der Waals surface area contributed by atoms with E-state index in [4.69, 9.17) is 0 Å². The monoisotopic (exact) mass is 242 g/mol. The van der Waals surface area contributed by atoms with Gasteiger partial charge in [0.2, 0.25) is 0 Å². The molecule has 0 bridgehead atoms. The van der Waals surface area contributed by atoms with Gasteiger partial charge in [-0.25, -0.2) is 0 Å². The Bertz CT molecular complexity index is 532. The van der Waals surface area contributed by atoms with Crippen molar-refractivity contribution in [1.82, 2.24) is 9.78 Å². The van der Waals surface area contributed by atoms with Gasteiger partial charge >= 0.3 is 0 Å². The lowest BCUT2D eigenvalue weighted by molar-refractivity contribution is 0.650. The molecule has 3 rings (SSSR count). The van der Waals surface area contributed by atoms with Gasteiger partial charge < -0.3 is 10.6 Å². The molecule has 4 heteroatoms. The van der Waals surface area contributed by atoms with Crippen LogP contribution in [-0.2, 0) is 7.05 Å². The largest absolute Gasteiger partial charge is 0.385 e. The normalized spacial score (nSPS) is 17.9. The van der Waals surface area contributed by atoms with Gasteiger partial charge in [0.15, 0.2) is 0 Å². The predicted molar refractivity (Wildman–Crippen MR) is 74.0 cm³/mol. The molecule has 0 saturated carbocycles. The highest BCUT2D eigenvalue weighted by Gasteiger charge is 2.19. The summed E-state index contributed by atoms with van der Waals surface area (Å²) in [6.45, 7) is 1.99. The van der Waals surface area contributed by atoms with E-state index in [0.29, 0.717) is 5.92 Å². The third-order valence-corrected chi connectivity index (χ3v) is 3.45. The lowest BCUT2D eigenvalue weighted by Gasteiger charge is -2.26. The first kappa shape index (κ1) is 11.1. The number of aryl methyl sites for hydroxylation is 1. The van der Waals surface area contributed by atoms with E-state index in [2.05, 4.69) is 40.0 Å². The summed E-state index contributed by atoms with van der Waals surface area (Å²) in [5.41, 5.74) is 2.68. The van der Waals surface area contributed by atoms with Gasteiger partial charge in [0.25, 0.3) is 0 Å². The van der Waals surface area contributed by atoms with Gasteiger partial charge in [0, 0.05) is 44.0 Å². The minimum atomic E-state index is 0.560. The van der Waals surface area contributed by atoms with Gasteiger partial charge in [0.05, 0.1) is 0 Å². The summed E-state index contributed by atoms with van der Waals surface area (Å²) in [6, 6.07) is 10.6. The number of hydrogen-bond donors (Lipinski definition) is 2. The Morgan fingerprint density at radius 2 is 2.28 bits per heavy atom. The molecule has 1 aromatic carbocycles. The molecule has 0 amide bonds. The molecular weight excluding hydrogens is 224 g/mol. The van der Waals surface area contributed by atoms with Crippen LogP contribution in [0.3, 0.4) is 0 Å². The van der Waals surface area contributed by atoms with Crippen molar-refractivity contribution in [3.63, 3.8) is 0 Å². The molecule has 1 aromatic heterocycles. The van der Waals surface area contributed by atoms with Crippen LogP contribution in [0.5, 0.6) is 0 Å². The second kappa shape index (κ2) is 4.72. The van der Waals surface area contributed by atoms with E-state index in [1.165, 1.54) is 11.3 Å². The van der Waals surface area contributed by atoms with Crippen molar-refractivity contribution in [1.29, 1.82) is 0 Å². The number of hydrogen-bond acceptors (Lipinski definition) is 3. The minimum Gasteiger partial charge on any atom is -0.385 e. The van der Waals surface area contributed by atoms with Gasteiger partial charge in [-0.15, -0.1) is 0 Å². The van der Waals surface area contributed by atoms with Crippen molar-refractivity contribution in [2.45, 2.75) is 12.3 Å². The lowest BCUT2D eigenvalue weighted by Crippen LogP contribution is -2.22. The number of nitrogens with one attached hydrogen (secondary N) is 2. The summed E-state index contributed by atoms with van der Waals surface area (Å²) in [4.78, 5) is 0. The number of benzene rings is 1. The fraction of sp³-hybridized carbons (Fsp3) is 0.357. The smallest absolute Gasteiger partial charge is 0.147 e. The van der Waals surface area contributed by atoms with Crippen LogP contribution in [0.25, 0.3) is 0 Å². The molecule has 0 fully saturated rings. The number of fused-ring (bicyclic) bond motifs is 1. The first-order valence-electron chi connectivity index (χ1n) is 6.39. The average molecular weight is 242 g/mol. The van der Waals surface area contributed by atoms with Crippen LogP contribution in [0.15, 0.2) is 36.5 Å². The van der Waals surface area contributed by atoms with Gasteiger partial charge in [-0.3, -0.25) is 4.68 Å². The standard InChI is InChI=1S/C14H18N4/c1-18-9-7-14(17-18)16-10-11-6-8-15-13-5-3-2-4-12(11)13/h2-5,7,9,11,15H,6,8,10H2,1H3,(H,16,17). The van der Waals surface area contributed by atoms with Crippen LogP contribution in [0.1, 0.15) is 17.9 Å². The number of para-hydroxylation sites is 1. The minimum absolute atomic E-state index is 0.560. The van der Waals surface area contributed by atoms with Crippen molar-refractivity contribution in [2.24, 2.45) is 7.05 Å². The molecule has 18 heavy (non-hydrogen) atoms. The summed E-state index contributed by atoms with van der Waals surface area (Å²) in [5, 5.41) is 11.2. The molecule has 1 atom stereocenters. The van der Waals surface area contributed by atoms with E-state index in [1.54, 1.807) is 0 Å². The fourth-order valence-electron chi connectivity index (χ4n) is 2.50. The van der Waals surface area contributed by atoms with Gasteiger partial charge in [-0.05, 0) is 18.1 Å². The summed E-state index contributed by atoms with van der Waals surface area (Å²) in [6.07, 6.45) is 3.12. The Balaban J connectivity index is 1.71. The molecule has 2 N–H and O–H groups in total. The maximum atomic E-state index is 4.34. The maximum Gasteiger partial charge on any atom is 0.147 e. The first-order chi connectivity index (χ1) is 8.83. The lowest BCUT2D eigenvalue weighted by atomic mass is 9.91. The Kier molecular flexibility index (Phi) is 2.92. The van der Waals surface area contributed by atoms with Crippen molar-refractivity contribution in [2.75, 3.05) is 23.7 Å². The van der Waals surface area contributed by atoms with Crippen LogP contribution < -0.4 is 10.6 Å². The Labute approximate surface area is 107 Å². The molecule has 0 radical (unpaired) electrons. The van der Waals surface area contributed by atoms with Crippen molar-refractivity contribution in [3.8, 4) is 0 Å². The number of anilines is 2. The Morgan fingerprint density at radius 1 is 1.39 bits per heavy atom. The van der Waals surface area contributed by atoms with E-state index in [-0.39, 0.29) is 0 Å². The van der Waals surface area contributed by atoms with E-state index in [1.807, 2.05) is 24.0 Å². The summed E-state index contributed by atoms with van der Waals surface area (Å²) in [5.74, 6) is 1.51. The van der Waals surface area contributed by atoms with E-state index in [9.17, 15) is 0 Å². The van der Waals surface area contributed by atoms with Crippen LogP contribution in [0.4, 0.5) is 11.5 Å². The highest BCUT2D eigenvalue weighted by molar-refractivity contribution is 5.55. The molecule has 0 aliphatic carbocycles. The van der Waals surface area contributed by atoms with Crippen LogP contribution in [0.2, 0.25) is 0 Å². The summed E-state index contributed by atoms with van der Waals surface area (Å²) < 4.78 is 1.82. The second-order valence-corrected chi connectivity index (χ2v) is 4.76. The van der Waals surface area contributed by atoms with E-state index in [0.717, 1.165) is 25.3 Å². The zero-order valence-corrected chi connectivity index (χ0v) is 10.6. The molecule has 1 unspecified atom stereocenters. The molecule has 1 aliphatic heterocycles. The topological polar surface area (TPSA) is 41.9 Å². The third kappa shape index (κ3) is 2.18. The van der Waals surface area contributed by atoms with Crippen LogP contribution in [0, 0.1) is 0 Å². The molecular formula is C14H18N4. The second-order valence-electron chi connectivity index (χ2n) is 4.76. The molecule has 2 heterocycles. The number of nitrogens with zero attached hydrogens (tertiary/aromatic N) is 2. The van der Waals surface area contributed by atoms with E-state index >= 15 is 0 Å². The zero-order chi connectivity index (χ0) is 12.4. The van der Waals surface area contributed by atoms with Crippen molar-refractivity contribution in [3.05, 3.63) is 42.1 Å². The number of aromatic nitrogens is 2. The third-order valence-electron chi connectivity index (χ3n) is 3.45. The van der Waals surface area contributed by atoms with Gasteiger partial charge in [0.1, 0.15) is 5.82 Å². The maximum absolute atomic E-state index is 4.34. The summed E-state index contributed by atoms with van der Waals surface area (Å²) in [7, 11) is 1.94. The van der Waals surface area contributed by atoms with Crippen molar-refractivity contribution < 1.29 is 0 Å². The van der Waals surface area contributed by atoms with Crippen molar-refractivity contribution >= 4 is 11.5 Å². The van der Waals surface area contributed by atoms with Crippen LogP contribution in [-0.4, -0.2) is 22.9 Å². The Morgan fingerprint density at radius 3 is 3.11 bits per heavy atom. The molecule has 4 nitrogen and oxygen atoms in total. The SMILES string of the molecule is Cn1ccc(NCC2CCNc3ccccc32)n1. The predicted octanol–water partition coefficient (Wildman–Crippen LogP) is 2.43. The van der Waals surface area contributed by atoms with Gasteiger partial charge in [-0.2, -0.15) is 5.10 Å². The highest BCUT2D eigenvalue weighted by atomic mass is 15.3. The first-order valence-corrected chi connectivity index (χ1v) is 6.39. The average Bonchev–Trinajstić information content (AvgIpc) is 2.82. The number of rotatable bonds is 3. The zero-order valence-electron chi connectivity index (χ0n) is 10.6. The van der Waals surface area contributed by atoms with Crippen LogP contribution >= 0.6 is 0 Å². The molecule has 1 aliphatic rings. The fourth-order valence-corrected chi connectivity index (χ4v) is 2.50. The molecule has 0 saturated heterocycles. The molecule has 94 valence electrons. The highest BCUT2D eigenvalue weighted by Crippen LogP contribution is 2.31. The van der Waals surface area contributed by atoms with E-state index < -0.39 is 0 Å². The molecule has 0 spiro atoms. The van der Waals surface area contributed by atoms with Gasteiger partial charge in [-0.1, -0.05) is 18.2 Å².